The molecule has 0 bridgehead atoms. The van der Waals surface area contributed by atoms with Gasteiger partial charge in [0.05, 0.1) is 0 Å². The third-order valence-electron chi connectivity index (χ3n) is 3.03. The molecular formula is C17H14ClFN2O2. The topological polar surface area (TPSA) is 58.2 Å². The van der Waals surface area contributed by atoms with E-state index in [1.54, 1.807) is 12.1 Å². The van der Waals surface area contributed by atoms with Crippen molar-refractivity contribution in [3.05, 3.63) is 76.1 Å². The van der Waals surface area contributed by atoms with Gasteiger partial charge in [0, 0.05) is 16.7 Å². The molecule has 0 unspecified atom stereocenters. The number of carbonyl (C=O) groups is 2. The molecule has 0 fully saturated rings. The molecule has 0 spiro atoms. The Balaban J connectivity index is 1.89. The first-order valence-electron chi connectivity index (χ1n) is 6.76. The van der Waals surface area contributed by atoms with Crippen LogP contribution in [0.15, 0.2) is 48.5 Å². The van der Waals surface area contributed by atoms with Gasteiger partial charge in [0.1, 0.15) is 5.82 Å². The summed E-state index contributed by atoms with van der Waals surface area (Å²) >= 11 is 5.99. The summed E-state index contributed by atoms with van der Waals surface area (Å²) in [5.41, 5.74) is 6.42. The first kappa shape index (κ1) is 16.7. The van der Waals surface area contributed by atoms with E-state index in [1.807, 2.05) is 19.1 Å². The smallest absolute Gasteiger partial charge is 0.268 e. The van der Waals surface area contributed by atoms with Gasteiger partial charge in [-0.15, -0.1) is 0 Å². The summed E-state index contributed by atoms with van der Waals surface area (Å²) in [5.74, 6) is -1.48. The second-order valence-corrected chi connectivity index (χ2v) is 5.20. The highest BCUT2D eigenvalue weighted by molar-refractivity contribution is 6.31. The van der Waals surface area contributed by atoms with E-state index in [0.29, 0.717) is 5.02 Å². The van der Waals surface area contributed by atoms with Crippen LogP contribution < -0.4 is 10.9 Å². The Morgan fingerprint density at radius 2 is 1.78 bits per heavy atom. The normalized spacial score (nSPS) is 10.6. The van der Waals surface area contributed by atoms with Crippen LogP contribution in [0, 0.1) is 12.7 Å². The number of nitrogens with one attached hydrogen (secondary N) is 2. The van der Waals surface area contributed by atoms with E-state index >= 15 is 0 Å². The molecule has 4 nitrogen and oxygen atoms in total. The van der Waals surface area contributed by atoms with E-state index in [1.165, 1.54) is 18.2 Å². The molecule has 118 valence electrons. The van der Waals surface area contributed by atoms with Gasteiger partial charge < -0.3 is 0 Å². The highest BCUT2D eigenvalue weighted by Crippen LogP contribution is 2.17. The molecule has 2 aromatic carbocycles. The number of carbonyl (C=O) groups excluding carboxylic acids is 2. The molecule has 0 saturated heterocycles. The molecular weight excluding hydrogens is 319 g/mol. The van der Waals surface area contributed by atoms with Gasteiger partial charge in [-0.1, -0.05) is 23.7 Å². The van der Waals surface area contributed by atoms with E-state index in [-0.39, 0.29) is 5.56 Å². The Morgan fingerprint density at radius 1 is 1.09 bits per heavy atom. The predicted molar refractivity (Wildman–Crippen MR) is 87.2 cm³/mol. The van der Waals surface area contributed by atoms with Crippen molar-refractivity contribution in [2.45, 2.75) is 6.92 Å². The van der Waals surface area contributed by atoms with Gasteiger partial charge in [-0.05, 0) is 54.5 Å². The molecule has 0 aliphatic rings. The molecule has 2 N–H and O–H groups in total. The van der Waals surface area contributed by atoms with E-state index in [0.717, 1.165) is 23.3 Å². The van der Waals surface area contributed by atoms with Crippen molar-refractivity contribution in [1.29, 1.82) is 0 Å². The van der Waals surface area contributed by atoms with Crippen LogP contribution in [-0.2, 0) is 4.79 Å². The highest BCUT2D eigenvalue weighted by atomic mass is 35.5. The van der Waals surface area contributed by atoms with Crippen molar-refractivity contribution in [3.8, 4) is 0 Å². The van der Waals surface area contributed by atoms with Gasteiger partial charge in [-0.2, -0.15) is 0 Å². The second-order valence-electron chi connectivity index (χ2n) is 4.79. The van der Waals surface area contributed by atoms with E-state index < -0.39 is 17.6 Å². The summed E-state index contributed by atoms with van der Waals surface area (Å²) in [6.45, 7) is 1.88. The van der Waals surface area contributed by atoms with Crippen LogP contribution in [0.2, 0.25) is 5.02 Å². The van der Waals surface area contributed by atoms with Crippen LogP contribution in [0.1, 0.15) is 21.5 Å². The minimum atomic E-state index is -0.537. The molecule has 6 heteroatoms. The van der Waals surface area contributed by atoms with Crippen molar-refractivity contribution in [1.82, 2.24) is 10.9 Å². The van der Waals surface area contributed by atoms with Crippen LogP contribution >= 0.6 is 11.6 Å². The maximum atomic E-state index is 12.8. The lowest BCUT2D eigenvalue weighted by molar-refractivity contribution is -0.117. The number of hydrazine groups is 1. The van der Waals surface area contributed by atoms with E-state index in [4.69, 9.17) is 11.6 Å². The fraction of sp³-hybridized carbons (Fsp3) is 0.0588. The van der Waals surface area contributed by atoms with E-state index in [9.17, 15) is 14.0 Å². The number of benzene rings is 2. The summed E-state index contributed by atoms with van der Waals surface area (Å²) in [5, 5.41) is 0.608. The zero-order valence-corrected chi connectivity index (χ0v) is 13.0. The van der Waals surface area contributed by atoms with Crippen LogP contribution in [-0.4, -0.2) is 11.8 Å². The monoisotopic (exact) mass is 332 g/mol. The molecule has 0 heterocycles. The molecule has 2 amide bonds. The second kappa shape index (κ2) is 7.56. The SMILES string of the molecule is Cc1ccc(/C=C/C(=O)NNC(=O)c2ccc(F)cc2)cc1Cl. The van der Waals surface area contributed by atoms with Gasteiger partial charge in [-0.3, -0.25) is 20.4 Å². The molecule has 23 heavy (non-hydrogen) atoms. The van der Waals surface area contributed by atoms with Crippen LogP contribution in [0.25, 0.3) is 6.08 Å². The number of hydrogen-bond donors (Lipinski definition) is 2. The predicted octanol–water partition coefficient (Wildman–Crippen LogP) is 3.26. The molecule has 0 aliphatic carbocycles. The van der Waals surface area contributed by atoms with E-state index in [2.05, 4.69) is 10.9 Å². The molecule has 0 saturated carbocycles. The van der Waals surface area contributed by atoms with Gasteiger partial charge in [-0.25, -0.2) is 4.39 Å². The van der Waals surface area contributed by atoms with Gasteiger partial charge >= 0.3 is 0 Å². The third kappa shape index (κ3) is 4.93. The van der Waals surface area contributed by atoms with Crippen molar-refractivity contribution >= 4 is 29.5 Å². The fourth-order valence-electron chi connectivity index (χ4n) is 1.72. The van der Waals surface area contributed by atoms with Gasteiger partial charge in [0.15, 0.2) is 0 Å². The molecule has 0 aromatic heterocycles. The minimum absolute atomic E-state index is 0.237. The summed E-state index contributed by atoms with van der Waals surface area (Å²) in [6.07, 6.45) is 2.84. The van der Waals surface area contributed by atoms with Crippen LogP contribution in [0.5, 0.6) is 0 Å². The molecule has 2 aromatic rings. The fourth-order valence-corrected chi connectivity index (χ4v) is 1.91. The first-order valence-corrected chi connectivity index (χ1v) is 7.13. The number of aryl methyl sites for hydroxylation is 1. The zero-order valence-electron chi connectivity index (χ0n) is 12.3. The first-order chi connectivity index (χ1) is 11.0. The zero-order chi connectivity index (χ0) is 16.8. The standard InChI is InChI=1S/C17H14ClFN2O2/c1-11-2-3-12(10-15(11)18)4-9-16(22)20-21-17(23)13-5-7-14(19)8-6-13/h2-10H,1H3,(H,20,22)(H,21,23)/b9-4+. The molecule has 0 aliphatic heterocycles. The average molecular weight is 333 g/mol. The number of amides is 2. The van der Waals surface area contributed by atoms with Crippen molar-refractivity contribution in [3.63, 3.8) is 0 Å². The molecule has 2 rings (SSSR count). The van der Waals surface area contributed by atoms with Crippen molar-refractivity contribution in [2.24, 2.45) is 0 Å². The number of halogens is 2. The molecule has 0 radical (unpaired) electrons. The largest absolute Gasteiger partial charge is 0.269 e. The Kier molecular flexibility index (Phi) is 5.49. The third-order valence-corrected chi connectivity index (χ3v) is 3.44. The minimum Gasteiger partial charge on any atom is -0.268 e. The van der Waals surface area contributed by atoms with Gasteiger partial charge in [0.25, 0.3) is 11.8 Å². The number of rotatable bonds is 3. The summed E-state index contributed by atoms with van der Waals surface area (Å²) < 4.78 is 12.8. The lowest BCUT2D eigenvalue weighted by atomic mass is 10.1. The molecule has 0 atom stereocenters. The summed E-state index contributed by atoms with van der Waals surface area (Å²) in [4.78, 5) is 23.4. The Hall–Kier alpha value is -2.66. The Labute approximate surface area is 137 Å². The average Bonchev–Trinajstić information content (AvgIpc) is 2.54. The summed E-state index contributed by atoms with van der Waals surface area (Å²) in [6, 6.07) is 10.4. The lowest BCUT2D eigenvalue weighted by Crippen LogP contribution is -2.40. The van der Waals surface area contributed by atoms with Crippen molar-refractivity contribution in [2.75, 3.05) is 0 Å². The maximum absolute atomic E-state index is 12.8. The van der Waals surface area contributed by atoms with Crippen LogP contribution in [0.3, 0.4) is 0 Å². The lowest BCUT2D eigenvalue weighted by Gasteiger charge is -2.05. The summed E-state index contributed by atoms with van der Waals surface area (Å²) in [7, 11) is 0. The number of hydrogen-bond acceptors (Lipinski definition) is 2. The van der Waals surface area contributed by atoms with Crippen molar-refractivity contribution < 1.29 is 14.0 Å². The highest BCUT2D eigenvalue weighted by Gasteiger charge is 2.05. The Bertz CT molecular complexity index is 758. The van der Waals surface area contributed by atoms with Crippen LogP contribution in [0.4, 0.5) is 4.39 Å². The Morgan fingerprint density at radius 3 is 2.43 bits per heavy atom. The quantitative estimate of drug-likeness (QED) is 0.669. The van der Waals surface area contributed by atoms with Gasteiger partial charge in [0.2, 0.25) is 0 Å². The maximum Gasteiger partial charge on any atom is 0.269 e.